The highest BCUT2D eigenvalue weighted by Gasteiger charge is 2.05. The number of ether oxygens (including phenoxy) is 1. The second kappa shape index (κ2) is 6.43. The molecule has 0 fully saturated rings. The van der Waals surface area contributed by atoms with E-state index in [1.165, 1.54) is 0 Å². The summed E-state index contributed by atoms with van der Waals surface area (Å²) >= 11 is 0. The molecular weight excluding hydrogens is 252 g/mol. The Morgan fingerprint density at radius 3 is 2.90 bits per heavy atom. The molecular formula is C15H16N4O. The van der Waals surface area contributed by atoms with E-state index in [1.54, 1.807) is 12.3 Å². The molecule has 2 rings (SSSR count). The molecule has 102 valence electrons. The van der Waals surface area contributed by atoms with E-state index in [0.717, 1.165) is 5.56 Å². The Morgan fingerprint density at radius 2 is 2.15 bits per heavy atom. The maximum Gasteiger partial charge on any atom is 0.144 e. The molecule has 5 nitrogen and oxygen atoms in total. The number of pyridine rings is 1. The monoisotopic (exact) mass is 268 g/mol. The first kappa shape index (κ1) is 13.7. The second-order valence-corrected chi connectivity index (χ2v) is 4.28. The van der Waals surface area contributed by atoms with Gasteiger partial charge in [0.1, 0.15) is 24.2 Å². The summed E-state index contributed by atoms with van der Waals surface area (Å²) < 4.78 is 5.56. The van der Waals surface area contributed by atoms with Crippen molar-refractivity contribution in [3.63, 3.8) is 0 Å². The van der Waals surface area contributed by atoms with Crippen LogP contribution in [0.15, 0.2) is 36.5 Å². The van der Waals surface area contributed by atoms with Gasteiger partial charge in [-0.05, 0) is 30.7 Å². The molecule has 0 unspecified atom stereocenters. The van der Waals surface area contributed by atoms with Crippen molar-refractivity contribution < 1.29 is 4.74 Å². The van der Waals surface area contributed by atoms with Gasteiger partial charge in [-0.3, -0.25) is 0 Å². The lowest BCUT2D eigenvalue weighted by Gasteiger charge is -2.11. The summed E-state index contributed by atoms with van der Waals surface area (Å²) in [6, 6.07) is 11.3. The van der Waals surface area contributed by atoms with Crippen molar-refractivity contribution in [2.24, 2.45) is 0 Å². The van der Waals surface area contributed by atoms with E-state index in [2.05, 4.69) is 16.4 Å². The Morgan fingerprint density at radius 1 is 1.35 bits per heavy atom. The van der Waals surface area contributed by atoms with E-state index in [-0.39, 0.29) is 0 Å². The predicted octanol–water partition coefficient (Wildman–Crippen LogP) is 2.33. The first-order valence-corrected chi connectivity index (χ1v) is 6.29. The van der Waals surface area contributed by atoms with Gasteiger partial charge in [0.25, 0.3) is 0 Å². The molecule has 1 aromatic heterocycles. The summed E-state index contributed by atoms with van der Waals surface area (Å²) in [5, 5.41) is 12.2. The van der Waals surface area contributed by atoms with Gasteiger partial charge >= 0.3 is 0 Å². The SMILES string of the molecule is Cc1ccnc(NCCOc2ccccc2N)c1C#N. The van der Waals surface area contributed by atoms with Crippen molar-refractivity contribution in [1.29, 1.82) is 5.26 Å². The summed E-state index contributed by atoms with van der Waals surface area (Å²) in [6.45, 7) is 2.86. The van der Waals surface area contributed by atoms with E-state index in [1.807, 2.05) is 31.2 Å². The molecule has 0 aliphatic heterocycles. The summed E-state index contributed by atoms with van der Waals surface area (Å²) in [6.07, 6.45) is 1.68. The molecule has 2 aromatic rings. The van der Waals surface area contributed by atoms with E-state index >= 15 is 0 Å². The molecule has 0 saturated carbocycles. The van der Waals surface area contributed by atoms with Gasteiger partial charge in [-0.2, -0.15) is 5.26 Å². The zero-order chi connectivity index (χ0) is 14.4. The van der Waals surface area contributed by atoms with Crippen molar-refractivity contribution in [2.75, 3.05) is 24.2 Å². The van der Waals surface area contributed by atoms with Crippen LogP contribution < -0.4 is 15.8 Å². The third-order valence-corrected chi connectivity index (χ3v) is 2.84. The van der Waals surface area contributed by atoms with E-state index in [9.17, 15) is 0 Å². The number of anilines is 2. The maximum atomic E-state index is 9.09. The Labute approximate surface area is 118 Å². The summed E-state index contributed by atoms with van der Waals surface area (Å²) in [5.74, 6) is 1.24. The lowest BCUT2D eigenvalue weighted by atomic mass is 10.1. The molecule has 0 saturated heterocycles. The number of nitrogen functional groups attached to an aromatic ring is 1. The third kappa shape index (κ3) is 3.18. The zero-order valence-electron chi connectivity index (χ0n) is 11.3. The first-order valence-electron chi connectivity index (χ1n) is 6.29. The van der Waals surface area contributed by atoms with E-state index in [4.69, 9.17) is 15.7 Å². The molecule has 0 amide bonds. The molecule has 0 atom stereocenters. The molecule has 1 aromatic carbocycles. The van der Waals surface area contributed by atoms with Crippen LogP contribution in [0.2, 0.25) is 0 Å². The Balaban J connectivity index is 1.90. The number of benzene rings is 1. The van der Waals surface area contributed by atoms with Gasteiger partial charge < -0.3 is 15.8 Å². The maximum absolute atomic E-state index is 9.09. The molecule has 0 radical (unpaired) electrons. The van der Waals surface area contributed by atoms with Crippen LogP contribution in [0.25, 0.3) is 0 Å². The topological polar surface area (TPSA) is 84.0 Å². The average molecular weight is 268 g/mol. The Hall–Kier alpha value is -2.74. The summed E-state index contributed by atoms with van der Waals surface area (Å²) in [4.78, 5) is 4.16. The minimum absolute atomic E-state index is 0.439. The van der Waals surface area contributed by atoms with Crippen LogP contribution in [-0.4, -0.2) is 18.1 Å². The lowest BCUT2D eigenvalue weighted by molar-refractivity contribution is 0.334. The Kier molecular flexibility index (Phi) is 4.40. The van der Waals surface area contributed by atoms with Crippen molar-refractivity contribution >= 4 is 11.5 Å². The number of nitrogens with two attached hydrogens (primary N) is 1. The van der Waals surface area contributed by atoms with Gasteiger partial charge in [-0.1, -0.05) is 12.1 Å². The number of aryl methyl sites for hydroxylation is 1. The van der Waals surface area contributed by atoms with Crippen LogP contribution in [0.4, 0.5) is 11.5 Å². The highest BCUT2D eigenvalue weighted by molar-refractivity contribution is 5.55. The van der Waals surface area contributed by atoms with Crippen LogP contribution in [0.1, 0.15) is 11.1 Å². The van der Waals surface area contributed by atoms with E-state index in [0.29, 0.717) is 36.0 Å². The summed E-state index contributed by atoms with van der Waals surface area (Å²) in [5.41, 5.74) is 7.85. The fourth-order valence-corrected chi connectivity index (χ4v) is 1.78. The molecule has 1 heterocycles. The van der Waals surface area contributed by atoms with Gasteiger partial charge in [0.05, 0.1) is 17.8 Å². The largest absolute Gasteiger partial charge is 0.490 e. The van der Waals surface area contributed by atoms with Gasteiger partial charge in [-0.15, -0.1) is 0 Å². The number of nitrogens with zero attached hydrogens (tertiary/aromatic N) is 2. The van der Waals surface area contributed by atoms with Crippen molar-refractivity contribution in [3.8, 4) is 11.8 Å². The van der Waals surface area contributed by atoms with Crippen LogP contribution >= 0.6 is 0 Å². The molecule has 0 spiro atoms. The minimum Gasteiger partial charge on any atom is -0.490 e. The number of hydrogen-bond donors (Lipinski definition) is 2. The van der Waals surface area contributed by atoms with Crippen molar-refractivity contribution in [3.05, 3.63) is 47.7 Å². The number of para-hydroxylation sites is 2. The number of aromatic nitrogens is 1. The molecule has 3 N–H and O–H groups in total. The van der Waals surface area contributed by atoms with Crippen LogP contribution in [-0.2, 0) is 0 Å². The quantitative estimate of drug-likeness (QED) is 0.642. The van der Waals surface area contributed by atoms with Crippen molar-refractivity contribution in [2.45, 2.75) is 6.92 Å². The van der Waals surface area contributed by atoms with E-state index < -0.39 is 0 Å². The minimum atomic E-state index is 0.439. The van der Waals surface area contributed by atoms with Crippen LogP contribution in [0.5, 0.6) is 5.75 Å². The zero-order valence-corrected chi connectivity index (χ0v) is 11.3. The first-order chi connectivity index (χ1) is 9.72. The van der Waals surface area contributed by atoms with Crippen LogP contribution in [0.3, 0.4) is 0 Å². The van der Waals surface area contributed by atoms with Crippen LogP contribution in [0, 0.1) is 18.3 Å². The molecule has 0 bridgehead atoms. The fourth-order valence-electron chi connectivity index (χ4n) is 1.78. The number of rotatable bonds is 5. The van der Waals surface area contributed by atoms with Gasteiger partial charge in [-0.25, -0.2) is 4.98 Å². The molecule has 0 aliphatic rings. The standard InChI is InChI=1S/C15H16N4O/c1-11-6-7-18-15(12(11)10-16)19-8-9-20-14-5-3-2-4-13(14)17/h2-7H,8-9,17H2,1H3,(H,18,19). The lowest BCUT2D eigenvalue weighted by Crippen LogP contribution is -2.14. The Bertz CT molecular complexity index is 634. The predicted molar refractivity (Wildman–Crippen MR) is 78.5 cm³/mol. The average Bonchev–Trinajstić information content (AvgIpc) is 2.45. The number of nitriles is 1. The third-order valence-electron chi connectivity index (χ3n) is 2.84. The van der Waals surface area contributed by atoms with Gasteiger partial charge in [0, 0.05) is 6.20 Å². The normalized spacial score (nSPS) is 9.80. The highest BCUT2D eigenvalue weighted by Crippen LogP contribution is 2.19. The number of hydrogen-bond acceptors (Lipinski definition) is 5. The summed E-state index contributed by atoms with van der Waals surface area (Å²) in [7, 11) is 0. The second-order valence-electron chi connectivity index (χ2n) is 4.28. The molecule has 0 aliphatic carbocycles. The van der Waals surface area contributed by atoms with Crippen molar-refractivity contribution in [1.82, 2.24) is 4.98 Å². The number of nitrogens with one attached hydrogen (secondary N) is 1. The highest BCUT2D eigenvalue weighted by atomic mass is 16.5. The molecule has 20 heavy (non-hydrogen) atoms. The molecule has 5 heteroatoms. The smallest absolute Gasteiger partial charge is 0.144 e. The van der Waals surface area contributed by atoms with Gasteiger partial charge in [0.15, 0.2) is 0 Å². The fraction of sp³-hybridized carbons (Fsp3) is 0.200. The van der Waals surface area contributed by atoms with Gasteiger partial charge in [0.2, 0.25) is 0 Å².